The van der Waals surface area contributed by atoms with Crippen LogP contribution in [0.15, 0.2) is 30.9 Å². The maximum atomic E-state index is 14.3. The van der Waals surface area contributed by atoms with Crippen LogP contribution in [0, 0.1) is 25.7 Å². The summed E-state index contributed by atoms with van der Waals surface area (Å²) in [5, 5.41) is 9.72. The summed E-state index contributed by atoms with van der Waals surface area (Å²) in [4.78, 5) is 44.0. The quantitative estimate of drug-likeness (QED) is 0.462. The average Bonchev–Trinajstić information content (AvgIpc) is 3.41. The van der Waals surface area contributed by atoms with Crippen molar-refractivity contribution in [2.75, 3.05) is 31.2 Å². The Morgan fingerprint density at radius 2 is 2.06 bits per heavy atom. The number of hydrogen-bond donors (Lipinski definition) is 1. The molecule has 0 saturated carbocycles. The number of anilines is 1. The van der Waals surface area contributed by atoms with E-state index in [0.717, 1.165) is 23.2 Å². The van der Waals surface area contributed by atoms with Crippen LogP contribution >= 0.6 is 11.8 Å². The van der Waals surface area contributed by atoms with Gasteiger partial charge in [-0.2, -0.15) is 0 Å². The molecule has 0 radical (unpaired) electrons. The van der Waals surface area contributed by atoms with Gasteiger partial charge >= 0.3 is 5.97 Å². The minimum Gasteiger partial charge on any atom is -0.466 e. The van der Waals surface area contributed by atoms with E-state index in [1.54, 1.807) is 29.7 Å². The molecule has 3 aliphatic heterocycles. The molecule has 3 saturated heterocycles. The molecule has 1 aromatic carbocycles. The van der Waals surface area contributed by atoms with E-state index in [9.17, 15) is 19.5 Å². The number of β-amino-alcohol motifs (C(OH)–C–C–N with tert-alkyl or cyclic N) is 1. The molecular formula is C25H32N2O5S. The molecule has 4 rings (SSSR count). The van der Waals surface area contributed by atoms with E-state index < -0.39 is 22.6 Å². The SMILES string of the molecule is C=CCN(C(=O)C1N(CCO)C(=O)[C@@H]2[C@@H](C(=O)OCC)[C@H]3CCC12S3)c1c(C)cccc1C. The van der Waals surface area contributed by atoms with Crippen LogP contribution in [0.3, 0.4) is 0 Å². The van der Waals surface area contributed by atoms with Crippen LogP contribution in [0.1, 0.15) is 30.9 Å². The second-order valence-corrected chi connectivity index (χ2v) is 10.6. The molecule has 0 aliphatic carbocycles. The van der Waals surface area contributed by atoms with E-state index in [4.69, 9.17) is 4.74 Å². The van der Waals surface area contributed by atoms with Gasteiger partial charge in [-0.05, 0) is 44.7 Å². The topological polar surface area (TPSA) is 87.2 Å². The highest BCUT2D eigenvalue weighted by Gasteiger charge is 2.74. The zero-order valence-corrected chi connectivity index (χ0v) is 20.3. The summed E-state index contributed by atoms with van der Waals surface area (Å²) in [7, 11) is 0. The maximum Gasteiger partial charge on any atom is 0.310 e. The standard InChI is InChI=1S/C25H32N2O5S/c1-5-12-26(20-15(3)8-7-9-16(20)4)23(30)21-25-11-10-17(33-25)18(24(31)32-6-2)19(25)22(29)27(21)13-14-28/h5,7-9,17-19,21,28H,1,6,10-14H2,2-4H3/t17-,18+,19+,21?,25?/m1/s1. The molecule has 5 atom stereocenters. The summed E-state index contributed by atoms with van der Waals surface area (Å²) in [6, 6.07) is 5.13. The Hall–Kier alpha value is -2.32. The zero-order chi connectivity index (χ0) is 23.9. The molecule has 178 valence electrons. The number of carbonyl (C=O) groups is 3. The molecule has 3 aliphatic rings. The molecule has 33 heavy (non-hydrogen) atoms. The Kier molecular flexibility index (Phi) is 6.60. The van der Waals surface area contributed by atoms with Crippen molar-refractivity contribution in [1.29, 1.82) is 0 Å². The first-order chi connectivity index (χ1) is 15.8. The first-order valence-corrected chi connectivity index (χ1v) is 12.4. The van der Waals surface area contributed by atoms with Gasteiger partial charge in [0, 0.05) is 24.0 Å². The second kappa shape index (κ2) is 9.14. The number of rotatable bonds is 8. The Labute approximate surface area is 199 Å². The van der Waals surface area contributed by atoms with Crippen LogP contribution in [-0.2, 0) is 19.1 Å². The van der Waals surface area contributed by atoms with Gasteiger partial charge in [-0.1, -0.05) is 24.3 Å². The number of aliphatic hydroxyl groups is 1. The predicted octanol–water partition coefficient (Wildman–Crippen LogP) is 2.47. The number of hydrogen-bond acceptors (Lipinski definition) is 6. The third kappa shape index (κ3) is 3.58. The molecule has 2 bridgehead atoms. The number of benzene rings is 1. The zero-order valence-electron chi connectivity index (χ0n) is 19.5. The third-order valence-electron chi connectivity index (χ3n) is 7.22. The number of esters is 1. The summed E-state index contributed by atoms with van der Waals surface area (Å²) >= 11 is 1.60. The lowest BCUT2D eigenvalue weighted by Gasteiger charge is -2.37. The molecule has 2 unspecified atom stereocenters. The van der Waals surface area contributed by atoms with Crippen molar-refractivity contribution in [3.8, 4) is 0 Å². The van der Waals surface area contributed by atoms with Crippen LogP contribution in [0.25, 0.3) is 0 Å². The number of para-hydroxylation sites is 1. The first-order valence-electron chi connectivity index (χ1n) is 11.6. The van der Waals surface area contributed by atoms with Crippen molar-refractivity contribution in [1.82, 2.24) is 4.90 Å². The number of aryl methyl sites for hydroxylation is 2. The van der Waals surface area contributed by atoms with E-state index in [1.807, 2.05) is 32.0 Å². The third-order valence-corrected chi connectivity index (χ3v) is 9.17. The van der Waals surface area contributed by atoms with Crippen LogP contribution < -0.4 is 4.90 Å². The van der Waals surface area contributed by atoms with Crippen molar-refractivity contribution in [3.05, 3.63) is 42.0 Å². The number of amides is 2. The van der Waals surface area contributed by atoms with Gasteiger partial charge in [-0.15, -0.1) is 18.3 Å². The van der Waals surface area contributed by atoms with Gasteiger partial charge < -0.3 is 19.6 Å². The molecule has 1 aromatic rings. The highest BCUT2D eigenvalue weighted by atomic mass is 32.2. The predicted molar refractivity (Wildman–Crippen MR) is 128 cm³/mol. The maximum absolute atomic E-state index is 14.3. The highest BCUT2D eigenvalue weighted by Crippen LogP contribution is 2.66. The summed E-state index contributed by atoms with van der Waals surface area (Å²) in [6.45, 7) is 9.90. The molecule has 3 fully saturated rings. The van der Waals surface area contributed by atoms with Gasteiger partial charge in [0.25, 0.3) is 5.91 Å². The van der Waals surface area contributed by atoms with Crippen molar-refractivity contribution in [2.45, 2.75) is 49.7 Å². The van der Waals surface area contributed by atoms with Crippen LogP contribution in [0.2, 0.25) is 0 Å². The Balaban J connectivity index is 1.79. The van der Waals surface area contributed by atoms with Gasteiger partial charge in [0.15, 0.2) is 0 Å². The molecule has 0 aromatic heterocycles. The smallest absolute Gasteiger partial charge is 0.310 e. The number of ether oxygens (including phenoxy) is 1. The fourth-order valence-electron chi connectivity index (χ4n) is 6.09. The van der Waals surface area contributed by atoms with Crippen LogP contribution in [0.5, 0.6) is 0 Å². The van der Waals surface area contributed by atoms with Crippen molar-refractivity contribution in [2.24, 2.45) is 11.8 Å². The van der Waals surface area contributed by atoms with Gasteiger partial charge in [0.1, 0.15) is 6.04 Å². The largest absolute Gasteiger partial charge is 0.466 e. The van der Waals surface area contributed by atoms with E-state index in [-0.39, 0.29) is 42.8 Å². The lowest BCUT2D eigenvalue weighted by molar-refractivity contribution is -0.153. The molecule has 8 heteroatoms. The Morgan fingerprint density at radius 3 is 2.67 bits per heavy atom. The monoisotopic (exact) mass is 472 g/mol. The summed E-state index contributed by atoms with van der Waals surface area (Å²) < 4.78 is 4.64. The van der Waals surface area contributed by atoms with E-state index >= 15 is 0 Å². The van der Waals surface area contributed by atoms with Crippen molar-refractivity contribution >= 4 is 35.2 Å². The number of aliphatic hydroxyl groups excluding tert-OH is 1. The van der Waals surface area contributed by atoms with Crippen LogP contribution in [0.4, 0.5) is 5.69 Å². The summed E-state index contributed by atoms with van der Waals surface area (Å²) in [6.07, 6.45) is 3.13. The fraction of sp³-hybridized carbons (Fsp3) is 0.560. The molecule has 3 heterocycles. The summed E-state index contributed by atoms with van der Waals surface area (Å²) in [5.41, 5.74) is 2.74. The molecule has 1 N–H and O–H groups in total. The van der Waals surface area contributed by atoms with E-state index in [1.165, 1.54) is 4.90 Å². The van der Waals surface area contributed by atoms with Crippen molar-refractivity contribution in [3.63, 3.8) is 0 Å². The normalized spacial score (nSPS) is 29.8. The van der Waals surface area contributed by atoms with Gasteiger partial charge in [-0.3, -0.25) is 14.4 Å². The van der Waals surface area contributed by atoms with Crippen LogP contribution in [-0.4, -0.2) is 70.1 Å². The number of thioether (sulfide) groups is 1. The minimum atomic E-state index is -0.754. The number of fused-ring (bicyclic) bond motifs is 1. The number of likely N-dealkylation sites (tertiary alicyclic amines) is 1. The number of nitrogens with zero attached hydrogens (tertiary/aromatic N) is 2. The summed E-state index contributed by atoms with van der Waals surface area (Å²) in [5.74, 6) is -1.93. The lowest BCUT2D eigenvalue weighted by Crippen LogP contribution is -2.55. The second-order valence-electron chi connectivity index (χ2n) is 9.04. The minimum absolute atomic E-state index is 0.0300. The van der Waals surface area contributed by atoms with Crippen molar-refractivity contribution < 1.29 is 24.2 Å². The molecular weight excluding hydrogens is 440 g/mol. The highest BCUT2D eigenvalue weighted by molar-refractivity contribution is 8.02. The van der Waals surface area contributed by atoms with E-state index in [0.29, 0.717) is 13.0 Å². The average molecular weight is 473 g/mol. The molecule has 1 spiro atoms. The molecule has 7 nitrogen and oxygen atoms in total. The van der Waals surface area contributed by atoms with Gasteiger partial charge in [-0.25, -0.2) is 0 Å². The fourth-order valence-corrected chi connectivity index (χ4v) is 8.29. The number of carbonyl (C=O) groups excluding carboxylic acids is 3. The van der Waals surface area contributed by atoms with E-state index in [2.05, 4.69) is 6.58 Å². The molecule has 2 amide bonds. The van der Waals surface area contributed by atoms with Gasteiger partial charge in [0.05, 0.1) is 29.8 Å². The lowest BCUT2D eigenvalue weighted by atomic mass is 9.71. The Bertz CT molecular complexity index is 961. The first kappa shape index (κ1) is 23.8. The Morgan fingerprint density at radius 1 is 1.36 bits per heavy atom. The van der Waals surface area contributed by atoms with Gasteiger partial charge in [0.2, 0.25) is 5.91 Å².